The van der Waals surface area contributed by atoms with E-state index in [1.165, 1.54) is 0 Å². The third-order valence-electron chi connectivity index (χ3n) is 1.55. The van der Waals surface area contributed by atoms with Crippen LogP contribution < -0.4 is 0 Å². The SMILES string of the molecule is C#Cc1ccccc1.[c]1ccccc1. The van der Waals surface area contributed by atoms with Gasteiger partial charge in [-0.3, -0.25) is 0 Å². The average Bonchev–Trinajstić information content (AvgIpc) is 2.33. The first kappa shape index (κ1) is 10.1. The quantitative estimate of drug-likeness (QED) is 0.545. The van der Waals surface area contributed by atoms with Crippen molar-refractivity contribution in [1.29, 1.82) is 0 Å². The van der Waals surface area contributed by atoms with Crippen molar-refractivity contribution in [2.75, 3.05) is 0 Å². The summed E-state index contributed by atoms with van der Waals surface area (Å²) in [7, 11) is 0. The molecule has 0 aliphatic carbocycles. The second-order valence-corrected chi connectivity index (χ2v) is 2.59. The summed E-state index contributed by atoms with van der Waals surface area (Å²) in [5, 5.41) is 0. The lowest BCUT2D eigenvalue weighted by Crippen LogP contribution is -1.66. The molecule has 0 fully saturated rings. The highest BCUT2D eigenvalue weighted by molar-refractivity contribution is 5.30. The first-order valence-electron chi connectivity index (χ1n) is 4.36. The Kier molecular flexibility index (Phi) is 4.69. The molecule has 0 bridgehead atoms. The van der Waals surface area contributed by atoms with Crippen LogP contribution in [0.3, 0.4) is 0 Å². The van der Waals surface area contributed by atoms with Gasteiger partial charge in [0, 0.05) is 5.56 Å². The molecule has 2 aromatic carbocycles. The van der Waals surface area contributed by atoms with Gasteiger partial charge in [0.1, 0.15) is 0 Å². The summed E-state index contributed by atoms with van der Waals surface area (Å²) in [6.45, 7) is 0. The molecule has 0 heteroatoms. The van der Waals surface area contributed by atoms with Crippen LogP contribution >= 0.6 is 0 Å². The summed E-state index contributed by atoms with van der Waals surface area (Å²) >= 11 is 0. The molecule has 0 amide bonds. The molecule has 0 N–H and O–H groups in total. The summed E-state index contributed by atoms with van der Waals surface area (Å²) in [5.41, 5.74) is 0.938. The van der Waals surface area contributed by atoms with Gasteiger partial charge in [-0.25, -0.2) is 0 Å². The van der Waals surface area contributed by atoms with E-state index >= 15 is 0 Å². The zero-order valence-corrected chi connectivity index (χ0v) is 7.85. The molecule has 0 saturated heterocycles. The fraction of sp³-hybridized carbons (Fsp3) is 0. The van der Waals surface area contributed by atoms with Crippen molar-refractivity contribution in [3.05, 3.63) is 72.3 Å². The third-order valence-corrected chi connectivity index (χ3v) is 1.55. The fourth-order valence-corrected chi connectivity index (χ4v) is 0.876. The van der Waals surface area contributed by atoms with Crippen molar-refractivity contribution in [3.63, 3.8) is 0 Å². The molecule has 14 heavy (non-hydrogen) atoms. The van der Waals surface area contributed by atoms with Gasteiger partial charge < -0.3 is 0 Å². The first-order valence-corrected chi connectivity index (χ1v) is 4.36. The van der Waals surface area contributed by atoms with Gasteiger partial charge in [0.05, 0.1) is 0 Å². The number of terminal acetylenes is 1. The molecule has 0 atom stereocenters. The van der Waals surface area contributed by atoms with E-state index in [9.17, 15) is 0 Å². The lowest BCUT2D eigenvalue weighted by atomic mass is 10.2. The van der Waals surface area contributed by atoms with Crippen LogP contribution in [0.2, 0.25) is 0 Å². The van der Waals surface area contributed by atoms with E-state index in [0.29, 0.717) is 0 Å². The Balaban J connectivity index is 0.000000146. The second kappa shape index (κ2) is 6.51. The number of benzene rings is 2. The Hall–Kier alpha value is -2.00. The Morgan fingerprint density at radius 3 is 1.71 bits per heavy atom. The van der Waals surface area contributed by atoms with Crippen LogP contribution in [-0.4, -0.2) is 0 Å². The molecular weight excluding hydrogens is 168 g/mol. The van der Waals surface area contributed by atoms with Crippen molar-refractivity contribution in [1.82, 2.24) is 0 Å². The van der Waals surface area contributed by atoms with E-state index in [4.69, 9.17) is 6.42 Å². The summed E-state index contributed by atoms with van der Waals surface area (Å²) in [5.74, 6) is 2.53. The molecule has 0 spiro atoms. The Morgan fingerprint density at radius 1 is 0.857 bits per heavy atom. The standard InChI is InChI=1S/C8H6.C6H5/c1-2-8-6-4-3-5-7-8;1-2-4-6-5-3-1/h1,3-7H;1-5H. The highest BCUT2D eigenvalue weighted by atomic mass is 13.8. The van der Waals surface area contributed by atoms with Crippen molar-refractivity contribution in [2.24, 2.45) is 0 Å². The smallest absolute Gasteiger partial charge is 0.0242 e. The van der Waals surface area contributed by atoms with Crippen LogP contribution in [-0.2, 0) is 0 Å². The van der Waals surface area contributed by atoms with Crippen LogP contribution in [0.25, 0.3) is 0 Å². The number of hydrogen-bond donors (Lipinski definition) is 0. The van der Waals surface area contributed by atoms with Gasteiger partial charge in [-0.2, -0.15) is 0 Å². The van der Waals surface area contributed by atoms with E-state index < -0.39 is 0 Å². The molecule has 67 valence electrons. The maximum Gasteiger partial charge on any atom is 0.0242 e. The van der Waals surface area contributed by atoms with E-state index in [1.807, 2.05) is 60.7 Å². The lowest BCUT2D eigenvalue weighted by molar-refractivity contribution is 1.65. The van der Waals surface area contributed by atoms with Crippen LogP contribution in [0.5, 0.6) is 0 Å². The Labute approximate surface area is 85.2 Å². The monoisotopic (exact) mass is 179 g/mol. The van der Waals surface area contributed by atoms with Gasteiger partial charge in [0.15, 0.2) is 0 Å². The van der Waals surface area contributed by atoms with Crippen molar-refractivity contribution in [3.8, 4) is 12.3 Å². The Bertz CT molecular complexity index is 341. The van der Waals surface area contributed by atoms with Crippen molar-refractivity contribution in [2.45, 2.75) is 0 Å². The summed E-state index contributed by atoms with van der Waals surface area (Å²) < 4.78 is 0. The summed E-state index contributed by atoms with van der Waals surface area (Å²) in [6, 6.07) is 22.1. The summed E-state index contributed by atoms with van der Waals surface area (Å²) in [4.78, 5) is 0. The van der Waals surface area contributed by atoms with Gasteiger partial charge in [-0.05, 0) is 18.2 Å². The molecular formula is C14H11. The average molecular weight is 179 g/mol. The van der Waals surface area contributed by atoms with Crippen LogP contribution in [0.1, 0.15) is 5.56 Å². The molecule has 0 aliphatic rings. The molecule has 0 heterocycles. The van der Waals surface area contributed by atoms with Crippen LogP contribution in [0, 0.1) is 18.4 Å². The van der Waals surface area contributed by atoms with Crippen LogP contribution in [0.15, 0.2) is 60.7 Å². The summed E-state index contributed by atoms with van der Waals surface area (Å²) in [6.07, 6.45) is 5.10. The predicted molar refractivity (Wildman–Crippen MR) is 59.7 cm³/mol. The predicted octanol–water partition coefficient (Wildman–Crippen LogP) is 3.15. The zero-order valence-electron chi connectivity index (χ0n) is 7.85. The van der Waals surface area contributed by atoms with Crippen molar-refractivity contribution >= 4 is 0 Å². The van der Waals surface area contributed by atoms with E-state index in [1.54, 1.807) is 0 Å². The highest BCUT2D eigenvalue weighted by Crippen LogP contribution is 1.93. The van der Waals surface area contributed by atoms with Gasteiger partial charge in [0.25, 0.3) is 0 Å². The molecule has 0 aliphatic heterocycles. The van der Waals surface area contributed by atoms with Gasteiger partial charge >= 0.3 is 0 Å². The largest absolute Gasteiger partial charge is 0.115 e. The maximum absolute atomic E-state index is 5.10. The molecule has 0 nitrogen and oxygen atoms in total. The topological polar surface area (TPSA) is 0 Å². The normalized spacial score (nSPS) is 7.93. The molecule has 0 saturated carbocycles. The van der Waals surface area contributed by atoms with Gasteiger partial charge in [0.2, 0.25) is 0 Å². The minimum atomic E-state index is 0.938. The lowest BCUT2D eigenvalue weighted by Gasteiger charge is -1.82. The molecule has 2 rings (SSSR count). The second-order valence-electron chi connectivity index (χ2n) is 2.59. The number of hydrogen-bond acceptors (Lipinski definition) is 0. The molecule has 1 radical (unpaired) electrons. The third kappa shape index (κ3) is 4.13. The first-order chi connectivity index (χ1) is 6.93. The highest BCUT2D eigenvalue weighted by Gasteiger charge is 1.76. The molecule has 2 aromatic rings. The van der Waals surface area contributed by atoms with E-state index in [0.717, 1.165) is 5.56 Å². The molecule has 0 unspecified atom stereocenters. The van der Waals surface area contributed by atoms with Gasteiger partial charge in [-0.1, -0.05) is 54.5 Å². The Morgan fingerprint density at radius 2 is 1.43 bits per heavy atom. The van der Waals surface area contributed by atoms with Gasteiger partial charge in [-0.15, -0.1) is 6.42 Å². The van der Waals surface area contributed by atoms with E-state index in [2.05, 4.69) is 12.0 Å². The minimum absolute atomic E-state index is 0.938. The zero-order chi connectivity index (χ0) is 10.1. The minimum Gasteiger partial charge on any atom is -0.115 e. The fourth-order valence-electron chi connectivity index (χ4n) is 0.876. The van der Waals surface area contributed by atoms with Crippen molar-refractivity contribution < 1.29 is 0 Å². The number of rotatable bonds is 0. The van der Waals surface area contributed by atoms with E-state index in [-0.39, 0.29) is 0 Å². The molecule has 0 aromatic heterocycles. The van der Waals surface area contributed by atoms with Crippen LogP contribution in [0.4, 0.5) is 0 Å². The maximum atomic E-state index is 5.10.